The molecule has 2 aliphatic carbocycles. The van der Waals surface area contributed by atoms with Crippen molar-refractivity contribution in [1.82, 2.24) is 0 Å². The second-order valence-corrected chi connectivity index (χ2v) is 17.4. The molecule has 0 aromatic heterocycles. The van der Waals surface area contributed by atoms with Gasteiger partial charge in [-0.05, 0) is 53.8 Å². The van der Waals surface area contributed by atoms with Crippen LogP contribution in [0.3, 0.4) is 0 Å². The number of hydrogen-bond donors (Lipinski definition) is 0. The van der Waals surface area contributed by atoms with E-state index in [2.05, 4.69) is 121 Å². The van der Waals surface area contributed by atoms with Crippen molar-refractivity contribution in [3.8, 4) is 0 Å². The number of fused-ring (bicyclic) bond motifs is 3. The molecule has 1 heterocycles. The number of rotatable bonds is 4. The zero-order valence-corrected chi connectivity index (χ0v) is 25.8. The Morgan fingerprint density at radius 2 is 1.32 bits per heavy atom. The predicted molar refractivity (Wildman–Crippen MR) is 161 cm³/mol. The number of anilines is 2. The van der Waals surface area contributed by atoms with Gasteiger partial charge in [-0.2, -0.15) is 0 Å². The Bertz CT molecular complexity index is 1200. The molecule has 37 heavy (non-hydrogen) atoms. The normalized spacial score (nSPS) is 22.9. The van der Waals surface area contributed by atoms with E-state index in [0.29, 0.717) is 23.3 Å². The molecule has 192 valence electrons. The van der Waals surface area contributed by atoms with Gasteiger partial charge in [0.1, 0.15) is 0 Å². The van der Waals surface area contributed by atoms with Crippen molar-refractivity contribution in [3.05, 3.63) is 121 Å². The van der Waals surface area contributed by atoms with Gasteiger partial charge in [-0.1, -0.05) is 104 Å². The van der Waals surface area contributed by atoms with E-state index in [1.165, 1.54) is 29.8 Å². The summed E-state index contributed by atoms with van der Waals surface area (Å²) in [5.74, 6) is 1.94. The Labute approximate surface area is 240 Å². The molecule has 3 aliphatic rings. The molecule has 2 nitrogen and oxygen atoms in total. The molecule has 6 rings (SSSR count). The Morgan fingerprint density at radius 1 is 0.811 bits per heavy atom. The van der Waals surface area contributed by atoms with Crippen LogP contribution in [0.4, 0.5) is 22.7 Å². The first kappa shape index (κ1) is 28.3. The first-order valence-corrected chi connectivity index (χ1v) is 19.9. The van der Waals surface area contributed by atoms with E-state index in [9.17, 15) is 0 Å². The van der Waals surface area contributed by atoms with E-state index in [0.717, 1.165) is 11.4 Å². The second-order valence-electron chi connectivity index (χ2n) is 10.4. The monoisotopic (exact) mass is 580 g/mol. The third-order valence-corrected chi connectivity index (χ3v) is 12.2. The van der Waals surface area contributed by atoms with Gasteiger partial charge in [-0.25, -0.2) is 0 Å². The van der Waals surface area contributed by atoms with Gasteiger partial charge in [0, 0.05) is 11.4 Å². The predicted octanol–water partition coefficient (Wildman–Crippen LogP) is 10.5. The molecule has 0 saturated heterocycles. The number of nitrogens with zero attached hydrogens (tertiary/aromatic N) is 2. The molecule has 1 unspecified atom stereocenters. The Balaban J connectivity index is 0.000000765. The van der Waals surface area contributed by atoms with Crippen LogP contribution in [0, 0.1) is 25.2 Å². The molecule has 4 atom stereocenters. The van der Waals surface area contributed by atoms with Gasteiger partial charge in [-0.15, -0.1) is 11.4 Å². The fourth-order valence-electron chi connectivity index (χ4n) is 6.59. The average Bonchev–Trinajstić information content (AvgIpc) is 3.27. The summed E-state index contributed by atoms with van der Waals surface area (Å²) >= 11 is -0.556. The zero-order chi connectivity index (χ0) is 25.1. The summed E-state index contributed by atoms with van der Waals surface area (Å²) < 4.78 is 2.73. The van der Waals surface area contributed by atoms with Crippen LogP contribution >= 0.6 is 18.6 Å². The van der Waals surface area contributed by atoms with Gasteiger partial charge in [0.15, 0.2) is 8.24 Å². The fourth-order valence-corrected chi connectivity index (χ4v) is 10.7. The molecule has 0 amide bonds. The Morgan fingerprint density at radius 3 is 1.92 bits per heavy atom. The summed E-state index contributed by atoms with van der Waals surface area (Å²) in [6.45, 7) is 5.18. The van der Waals surface area contributed by atoms with Crippen molar-refractivity contribution in [3.63, 3.8) is 0 Å². The minimum atomic E-state index is -1.95. The summed E-state index contributed by atoms with van der Waals surface area (Å²) in [6, 6.07) is 28.5. The molecule has 0 spiro atoms. The average molecular weight is 581 g/mol. The number of hydrogen-bond acceptors (Lipinski definition) is 1. The molecular weight excluding hydrogens is 547 g/mol. The standard InChI is InChI=1S/C30H31N2Si.CH3.2ClH.Ti/c1-33(2,32-28-18-10-8-16-26(28)31-27-17-9-11-19-29(27)32)30-21-23(20-22-12-4-3-5-13-22)24-14-6-7-15-25(24)30;;;;/h3-19,23-25,30H,20-21H2,1-2H3;1H3;2*1H;/q2*-1;;;+2/p-2/t23-,24-,25-,30?;;;;/m0..../s1. The third kappa shape index (κ3) is 5.67. The molecule has 3 aromatic rings. The summed E-state index contributed by atoms with van der Waals surface area (Å²) in [4.78, 5) is 0. The van der Waals surface area contributed by atoms with Crippen LogP contribution in [0.5, 0.6) is 0 Å². The summed E-state index contributed by atoms with van der Waals surface area (Å²) in [5.41, 5.74) is 6.92. The summed E-state index contributed by atoms with van der Waals surface area (Å²) in [6.07, 6.45) is 12.0. The Kier molecular flexibility index (Phi) is 9.48. The third-order valence-electron chi connectivity index (χ3n) is 8.10. The maximum atomic E-state index is 5.01. The van der Waals surface area contributed by atoms with Gasteiger partial charge in [0.25, 0.3) is 0 Å². The van der Waals surface area contributed by atoms with Crippen molar-refractivity contribution in [2.75, 3.05) is 4.57 Å². The van der Waals surface area contributed by atoms with E-state index in [1.54, 1.807) is 0 Å². The van der Waals surface area contributed by atoms with Gasteiger partial charge in [0.05, 0.1) is 0 Å². The SMILES string of the molecule is C[Si](C)(C1C[C@H](Cc2ccccc2)[C@@H]2C=CC=C[C@H]12)N1c2ccccc2[N-]c2ccccc21.[CH3-].[Cl][Ti][Cl]. The molecule has 1 saturated carbocycles. The van der Waals surface area contributed by atoms with Crippen LogP contribution in [0.1, 0.15) is 12.0 Å². The number of benzene rings is 3. The van der Waals surface area contributed by atoms with Crippen molar-refractivity contribution < 1.29 is 17.0 Å². The number of halogens is 2. The van der Waals surface area contributed by atoms with Crippen LogP contribution in [-0.4, -0.2) is 8.24 Å². The van der Waals surface area contributed by atoms with Crippen molar-refractivity contribution >= 4 is 49.6 Å². The van der Waals surface area contributed by atoms with Gasteiger partial charge in [0.2, 0.25) is 0 Å². The van der Waals surface area contributed by atoms with E-state index >= 15 is 0 Å². The minimum absolute atomic E-state index is 0. The maximum absolute atomic E-state index is 5.01. The van der Waals surface area contributed by atoms with E-state index in [-0.39, 0.29) is 7.43 Å². The van der Waals surface area contributed by atoms with Crippen molar-refractivity contribution in [2.45, 2.75) is 31.5 Å². The van der Waals surface area contributed by atoms with Crippen LogP contribution < -0.4 is 4.57 Å². The van der Waals surface area contributed by atoms with E-state index < -0.39 is 25.3 Å². The molecule has 6 heteroatoms. The first-order chi connectivity index (χ1) is 17.5. The first-order valence-electron chi connectivity index (χ1n) is 12.6. The zero-order valence-electron chi connectivity index (χ0n) is 21.7. The van der Waals surface area contributed by atoms with Gasteiger partial charge in [-0.3, -0.25) is 0 Å². The van der Waals surface area contributed by atoms with Crippen LogP contribution in [0.15, 0.2) is 103 Å². The van der Waals surface area contributed by atoms with Crippen LogP contribution in [0.25, 0.3) is 5.32 Å². The summed E-state index contributed by atoms with van der Waals surface area (Å²) in [5, 5.41) is 5.01. The van der Waals surface area contributed by atoms with E-state index in [1.807, 2.05) is 0 Å². The molecular formula is C31H34Cl2N2SiTi-2. The molecule has 1 fully saturated rings. The number of allylic oxidation sites excluding steroid dienone is 4. The topological polar surface area (TPSA) is 17.3 Å². The Hall–Kier alpha value is -1.75. The molecule has 1 aliphatic heterocycles. The fraction of sp³-hybridized carbons (Fsp3) is 0.258. The second kappa shape index (κ2) is 12.4. The molecule has 0 N–H and O–H groups in total. The van der Waals surface area contributed by atoms with Crippen LogP contribution in [-0.2, 0) is 23.5 Å². The van der Waals surface area contributed by atoms with Gasteiger partial charge < -0.3 is 17.3 Å². The molecule has 3 aromatic carbocycles. The van der Waals surface area contributed by atoms with Crippen LogP contribution in [0.2, 0.25) is 18.6 Å². The molecule has 0 radical (unpaired) electrons. The van der Waals surface area contributed by atoms with Crippen molar-refractivity contribution in [1.29, 1.82) is 0 Å². The number of para-hydroxylation sites is 4. The quantitative estimate of drug-likeness (QED) is 0.221. The summed E-state index contributed by atoms with van der Waals surface area (Å²) in [7, 11) is 7.83. The van der Waals surface area contributed by atoms with Crippen molar-refractivity contribution in [2.24, 2.45) is 17.8 Å². The van der Waals surface area contributed by atoms with Gasteiger partial charge >= 0.3 is 35.6 Å². The van der Waals surface area contributed by atoms with E-state index in [4.69, 9.17) is 23.9 Å². The molecule has 0 bridgehead atoms.